The van der Waals surface area contributed by atoms with E-state index in [9.17, 15) is 5.11 Å². The van der Waals surface area contributed by atoms with Crippen LogP contribution in [0.4, 0.5) is 11.6 Å². The van der Waals surface area contributed by atoms with Gasteiger partial charge in [0.15, 0.2) is 0 Å². The molecule has 1 atom stereocenters. The number of fused-ring (bicyclic) bond motifs is 1. The number of nitrogens with zero attached hydrogens (tertiary/aromatic N) is 1. The van der Waals surface area contributed by atoms with Gasteiger partial charge in [0, 0.05) is 5.69 Å². The first-order chi connectivity index (χ1) is 8.06. The van der Waals surface area contributed by atoms with Gasteiger partial charge in [-0.1, -0.05) is 6.92 Å². The highest BCUT2D eigenvalue weighted by Crippen LogP contribution is 2.20. The van der Waals surface area contributed by atoms with Crippen molar-refractivity contribution >= 4 is 22.7 Å². The van der Waals surface area contributed by atoms with Crippen LogP contribution in [0.25, 0.3) is 11.0 Å². The second-order valence-corrected chi connectivity index (χ2v) is 4.56. The van der Waals surface area contributed by atoms with Gasteiger partial charge in [-0.15, -0.1) is 0 Å². The van der Waals surface area contributed by atoms with Crippen LogP contribution in [0.5, 0.6) is 0 Å². The first kappa shape index (κ1) is 11.7. The number of hydrogen-bond acceptors (Lipinski definition) is 4. The second kappa shape index (κ2) is 4.25. The molecule has 1 aromatic heterocycles. The third-order valence-corrected chi connectivity index (χ3v) is 3.06. The molecule has 0 aliphatic carbocycles. The average molecular weight is 234 g/mol. The van der Waals surface area contributed by atoms with Crippen LogP contribution >= 0.6 is 0 Å². The van der Waals surface area contributed by atoms with Gasteiger partial charge in [-0.05, 0) is 31.5 Å². The SMILES string of the molecule is CCC(C)(CO)Nc1nc2ccc(N)cc2[nH]1. The number of H-pyrrole nitrogens is 1. The topological polar surface area (TPSA) is 87.0 Å². The molecular formula is C12H18N4O. The summed E-state index contributed by atoms with van der Waals surface area (Å²) >= 11 is 0. The molecule has 0 saturated heterocycles. The number of imidazole rings is 1. The van der Waals surface area contributed by atoms with E-state index in [1.807, 2.05) is 32.0 Å². The third kappa shape index (κ3) is 2.34. The summed E-state index contributed by atoms with van der Waals surface area (Å²) in [7, 11) is 0. The number of anilines is 2. The quantitative estimate of drug-likeness (QED) is 0.607. The Balaban J connectivity index is 2.31. The van der Waals surface area contributed by atoms with Crippen LogP contribution in [-0.4, -0.2) is 27.2 Å². The molecular weight excluding hydrogens is 216 g/mol. The number of aliphatic hydroxyl groups is 1. The van der Waals surface area contributed by atoms with E-state index in [0.717, 1.165) is 17.5 Å². The highest BCUT2D eigenvalue weighted by atomic mass is 16.3. The minimum Gasteiger partial charge on any atom is -0.399 e. The van der Waals surface area contributed by atoms with E-state index in [-0.39, 0.29) is 12.1 Å². The minimum absolute atomic E-state index is 0.0582. The lowest BCUT2D eigenvalue weighted by Crippen LogP contribution is -2.38. The Hall–Kier alpha value is -1.75. The fraction of sp³-hybridized carbons (Fsp3) is 0.417. The molecule has 0 radical (unpaired) electrons. The molecule has 5 heteroatoms. The van der Waals surface area contributed by atoms with Gasteiger partial charge in [0.2, 0.25) is 5.95 Å². The standard InChI is InChI=1S/C12H18N4O/c1-3-12(2,7-17)16-11-14-9-5-4-8(13)6-10(9)15-11/h4-6,17H,3,7,13H2,1-2H3,(H2,14,15,16). The molecule has 5 N–H and O–H groups in total. The van der Waals surface area contributed by atoms with Crippen molar-refractivity contribution in [3.63, 3.8) is 0 Å². The Kier molecular flexibility index (Phi) is 2.93. The highest BCUT2D eigenvalue weighted by Gasteiger charge is 2.21. The fourth-order valence-electron chi connectivity index (χ4n) is 1.61. The molecule has 0 amide bonds. The van der Waals surface area contributed by atoms with Crippen molar-refractivity contribution in [1.29, 1.82) is 0 Å². The van der Waals surface area contributed by atoms with Crippen molar-refractivity contribution in [1.82, 2.24) is 9.97 Å². The van der Waals surface area contributed by atoms with Crippen molar-refractivity contribution in [3.8, 4) is 0 Å². The lowest BCUT2D eigenvalue weighted by atomic mass is 10.0. The summed E-state index contributed by atoms with van der Waals surface area (Å²) in [5.41, 5.74) is 7.80. The van der Waals surface area contributed by atoms with Crippen LogP contribution in [0.2, 0.25) is 0 Å². The number of aromatic nitrogens is 2. The highest BCUT2D eigenvalue weighted by molar-refractivity contribution is 5.80. The minimum atomic E-state index is -0.362. The molecule has 5 nitrogen and oxygen atoms in total. The molecule has 0 spiro atoms. The van der Waals surface area contributed by atoms with E-state index in [1.165, 1.54) is 0 Å². The largest absolute Gasteiger partial charge is 0.399 e. The summed E-state index contributed by atoms with van der Waals surface area (Å²) in [4.78, 5) is 7.55. The van der Waals surface area contributed by atoms with Gasteiger partial charge in [0.25, 0.3) is 0 Å². The van der Waals surface area contributed by atoms with Crippen molar-refractivity contribution in [3.05, 3.63) is 18.2 Å². The zero-order chi connectivity index (χ0) is 12.5. The molecule has 17 heavy (non-hydrogen) atoms. The van der Waals surface area contributed by atoms with Crippen LogP contribution in [0, 0.1) is 0 Å². The number of aliphatic hydroxyl groups excluding tert-OH is 1. The van der Waals surface area contributed by atoms with Crippen LogP contribution < -0.4 is 11.1 Å². The van der Waals surface area contributed by atoms with Crippen molar-refractivity contribution in [2.45, 2.75) is 25.8 Å². The first-order valence-corrected chi connectivity index (χ1v) is 5.70. The average Bonchev–Trinajstić information content (AvgIpc) is 2.70. The molecule has 2 aromatic rings. The molecule has 2 rings (SSSR count). The lowest BCUT2D eigenvalue weighted by molar-refractivity contribution is 0.218. The summed E-state index contributed by atoms with van der Waals surface area (Å²) in [5.74, 6) is 0.656. The van der Waals surface area contributed by atoms with Crippen molar-refractivity contribution in [2.75, 3.05) is 17.7 Å². The summed E-state index contributed by atoms with van der Waals surface area (Å²) in [6.45, 7) is 4.03. The Labute approximate surface area is 100 Å². The molecule has 0 fully saturated rings. The van der Waals surface area contributed by atoms with Gasteiger partial charge in [0.1, 0.15) is 0 Å². The van der Waals surface area contributed by atoms with Crippen molar-refractivity contribution in [2.24, 2.45) is 0 Å². The van der Waals surface area contributed by atoms with Gasteiger partial charge < -0.3 is 21.1 Å². The van der Waals surface area contributed by atoms with Crippen LogP contribution in [0.3, 0.4) is 0 Å². The Bertz CT molecular complexity index is 516. The third-order valence-electron chi connectivity index (χ3n) is 3.06. The zero-order valence-corrected chi connectivity index (χ0v) is 10.1. The Morgan fingerprint density at radius 2 is 2.29 bits per heavy atom. The number of nitrogens with one attached hydrogen (secondary N) is 2. The van der Waals surface area contributed by atoms with E-state index in [0.29, 0.717) is 11.6 Å². The summed E-state index contributed by atoms with van der Waals surface area (Å²) < 4.78 is 0. The maximum absolute atomic E-state index is 9.34. The smallest absolute Gasteiger partial charge is 0.201 e. The van der Waals surface area contributed by atoms with E-state index < -0.39 is 0 Å². The molecule has 0 aliphatic heterocycles. The van der Waals surface area contributed by atoms with Crippen molar-refractivity contribution < 1.29 is 5.11 Å². The van der Waals surface area contributed by atoms with Crippen LogP contribution in [0.1, 0.15) is 20.3 Å². The van der Waals surface area contributed by atoms with Crippen LogP contribution in [0.15, 0.2) is 18.2 Å². The molecule has 92 valence electrons. The molecule has 1 heterocycles. The normalized spacial score (nSPS) is 14.8. The zero-order valence-electron chi connectivity index (χ0n) is 10.1. The van der Waals surface area contributed by atoms with E-state index in [1.54, 1.807) is 0 Å². The van der Waals surface area contributed by atoms with E-state index >= 15 is 0 Å². The number of aromatic amines is 1. The molecule has 0 saturated carbocycles. The van der Waals surface area contributed by atoms with Crippen LogP contribution in [-0.2, 0) is 0 Å². The Morgan fingerprint density at radius 3 is 2.94 bits per heavy atom. The maximum atomic E-state index is 9.34. The first-order valence-electron chi connectivity index (χ1n) is 5.70. The Morgan fingerprint density at radius 1 is 1.53 bits per heavy atom. The van der Waals surface area contributed by atoms with Gasteiger partial charge >= 0.3 is 0 Å². The summed E-state index contributed by atoms with van der Waals surface area (Å²) in [6.07, 6.45) is 0.808. The molecule has 0 bridgehead atoms. The fourth-order valence-corrected chi connectivity index (χ4v) is 1.61. The van der Waals surface area contributed by atoms with Gasteiger partial charge in [0.05, 0.1) is 23.2 Å². The van der Waals surface area contributed by atoms with Gasteiger partial charge in [-0.2, -0.15) is 0 Å². The molecule has 0 aliphatic rings. The monoisotopic (exact) mass is 234 g/mol. The van der Waals surface area contributed by atoms with Gasteiger partial charge in [-0.25, -0.2) is 4.98 Å². The maximum Gasteiger partial charge on any atom is 0.201 e. The molecule has 1 aromatic carbocycles. The van der Waals surface area contributed by atoms with Gasteiger partial charge in [-0.3, -0.25) is 0 Å². The summed E-state index contributed by atoms with van der Waals surface area (Å²) in [5, 5.41) is 12.5. The molecule has 1 unspecified atom stereocenters. The lowest BCUT2D eigenvalue weighted by Gasteiger charge is -2.26. The number of hydrogen-bond donors (Lipinski definition) is 4. The van der Waals surface area contributed by atoms with E-state index in [2.05, 4.69) is 15.3 Å². The van der Waals surface area contributed by atoms with E-state index in [4.69, 9.17) is 5.73 Å². The number of benzene rings is 1. The summed E-state index contributed by atoms with van der Waals surface area (Å²) in [6, 6.07) is 5.53. The number of rotatable bonds is 4. The predicted molar refractivity (Wildman–Crippen MR) is 69.9 cm³/mol. The number of nitrogen functional groups attached to an aromatic ring is 1. The number of nitrogens with two attached hydrogens (primary N) is 1. The predicted octanol–water partition coefficient (Wildman–Crippen LogP) is 1.72. The second-order valence-electron chi connectivity index (χ2n) is 4.56.